The lowest BCUT2D eigenvalue weighted by molar-refractivity contribution is -0.183. The molecule has 0 saturated heterocycles. The minimum absolute atomic E-state index is 0.0829. The summed E-state index contributed by atoms with van der Waals surface area (Å²) in [6.07, 6.45) is -0.844. The van der Waals surface area contributed by atoms with E-state index in [0.717, 1.165) is 6.42 Å². The van der Waals surface area contributed by atoms with E-state index < -0.39 is 12.1 Å². The van der Waals surface area contributed by atoms with Crippen LogP contribution in [0.5, 0.6) is 0 Å². The molecule has 0 amide bonds. The summed E-state index contributed by atoms with van der Waals surface area (Å²) in [7, 11) is 0. The van der Waals surface area contributed by atoms with Gasteiger partial charge in [0.15, 0.2) is 0 Å². The summed E-state index contributed by atoms with van der Waals surface area (Å²) in [5.41, 5.74) is 0. The van der Waals surface area contributed by atoms with Gasteiger partial charge >= 0.3 is 6.18 Å². The van der Waals surface area contributed by atoms with Gasteiger partial charge in [-0.25, -0.2) is 4.98 Å². The summed E-state index contributed by atoms with van der Waals surface area (Å²) in [4.78, 5) is 3.92. The van der Waals surface area contributed by atoms with Crippen LogP contribution in [0.1, 0.15) is 31.5 Å². The van der Waals surface area contributed by atoms with Gasteiger partial charge in [0, 0.05) is 6.04 Å². The van der Waals surface area contributed by atoms with Crippen molar-refractivity contribution in [1.29, 1.82) is 0 Å². The number of aromatic amines is 1. The molecule has 1 aromatic heterocycles. The van der Waals surface area contributed by atoms with Gasteiger partial charge in [0.05, 0.1) is 12.5 Å². The van der Waals surface area contributed by atoms with Crippen molar-refractivity contribution in [3.8, 4) is 0 Å². The first-order chi connectivity index (χ1) is 8.05. The highest BCUT2D eigenvalue weighted by Gasteiger charge is 2.41. The van der Waals surface area contributed by atoms with E-state index in [2.05, 4.69) is 20.5 Å². The monoisotopic (exact) mass is 248 g/mol. The fourth-order valence-corrected chi connectivity index (χ4v) is 2.23. The molecule has 1 aliphatic carbocycles. The van der Waals surface area contributed by atoms with Crippen LogP contribution in [0, 0.1) is 5.92 Å². The third-order valence-corrected chi connectivity index (χ3v) is 3.16. The second-order valence-corrected chi connectivity index (χ2v) is 4.42. The molecule has 2 atom stereocenters. The first kappa shape index (κ1) is 12.3. The van der Waals surface area contributed by atoms with Crippen LogP contribution in [-0.4, -0.2) is 27.4 Å². The zero-order valence-electron chi connectivity index (χ0n) is 9.30. The number of aromatic nitrogens is 3. The molecule has 1 aliphatic rings. The van der Waals surface area contributed by atoms with Gasteiger partial charge in [-0.2, -0.15) is 18.3 Å². The Bertz CT molecular complexity index is 336. The number of nitrogens with zero attached hydrogens (tertiary/aromatic N) is 2. The molecular formula is C10H15F3N4. The molecule has 0 spiro atoms. The van der Waals surface area contributed by atoms with Crippen molar-refractivity contribution in [1.82, 2.24) is 20.5 Å². The van der Waals surface area contributed by atoms with Crippen LogP contribution >= 0.6 is 0 Å². The molecule has 96 valence electrons. The van der Waals surface area contributed by atoms with Crippen molar-refractivity contribution < 1.29 is 13.2 Å². The van der Waals surface area contributed by atoms with Gasteiger partial charge in [0.1, 0.15) is 12.2 Å². The minimum atomic E-state index is -4.06. The molecule has 1 heterocycles. The number of hydrogen-bond acceptors (Lipinski definition) is 3. The van der Waals surface area contributed by atoms with Crippen molar-refractivity contribution in [2.45, 2.75) is 44.4 Å². The van der Waals surface area contributed by atoms with E-state index in [0.29, 0.717) is 18.8 Å². The third kappa shape index (κ3) is 3.42. The highest BCUT2D eigenvalue weighted by molar-refractivity contribution is 4.85. The molecule has 1 fully saturated rings. The van der Waals surface area contributed by atoms with Gasteiger partial charge in [0.2, 0.25) is 0 Å². The Morgan fingerprint density at radius 1 is 1.41 bits per heavy atom. The largest absolute Gasteiger partial charge is 0.391 e. The summed E-state index contributed by atoms with van der Waals surface area (Å²) >= 11 is 0. The Balaban J connectivity index is 1.81. The van der Waals surface area contributed by atoms with Crippen molar-refractivity contribution >= 4 is 0 Å². The van der Waals surface area contributed by atoms with Crippen LogP contribution in [-0.2, 0) is 6.54 Å². The molecular weight excluding hydrogens is 233 g/mol. The molecule has 2 rings (SSSR count). The molecule has 2 N–H and O–H groups in total. The van der Waals surface area contributed by atoms with Gasteiger partial charge in [-0.05, 0) is 19.3 Å². The highest BCUT2D eigenvalue weighted by atomic mass is 19.4. The average molecular weight is 248 g/mol. The van der Waals surface area contributed by atoms with Crippen molar-refractivity contribution in [3.05, 3.63) is 12.2 Å². The number of nitrogens with one attached hydrogen (secondary N) is 2. The Labute approximate surface area is 97.0 Å². The quantitative estimate of drug-likeness (QED) is 0.860. The second kappa shape index (κ2) is 5.03. The summed E-state index contributed by atoms with van der Waals surface area (Å²) < 4.78 is 37.7. The summed E-state index contributed by atoms with van der Waals surface area (Å²) in [5, 5.41) is 9.45. The number of rotatable bonds is 3. The van der Waals surface area contributed by atoms with Crippen LogP contribution < -0.4 is 5.32 Å². The zero-order chi connectivity index (χ0) is 12.3. The molecule has 0 bridgehead atoms. The van der Waals surface area contributed by atoms with Crippen molar-refractivity contribution in [3.63, 3.8) is 0 Å². The summed E-state index contributed by atoms with van der Waals surface area (Å²) in [6.45, 7) is 0.440. The number of alkyl halides is 3. The number of hydrogen-bond donors (Lipinski definition) is 2. The fourth-order valence-electron chi connectivity index (χ4n) is 2.23. The summed E-state index contributed by atoms with van der Waals surface area (Å²) in [5.74, 6) is -0.511. The van der Waals surface area contributed by atoms with E-state index in [1.807, 2.05) is 0 Å². The Hall–Kier alpha value is -1.11. The molecule has 1 saturated carbocycles. The molecule has 7 heteroatoms. The van der Waals surface area contributed by atoms with E-state index in [1.165, 1.54) is 6.33 Å². The Morgan fingerprint density at radius 3 is 2.88 bits per heavy atom. The maximum absolute atomic E-state index is 12.6. The topological polar surface area (TPSA) is 53.6 Å². The normalized spacial score (nSPS) is 26.1. The SMILES string of the molecule is FC(F)(F)C1CCCC(NCc2ncn[nH]2)C1. The van der Waals surface area contributed by atoms with E-state index in [4.69, 9.17) is 0 Å². The molecule has 0 aliphatic heterocycles. The lowest BCUT2D eigenvalue weighted by Crippen LogP contribution is -2.38. The van der Waals surface area contributed by atoms with Crippen LogP contribution in [0.25, 0.3) is 0 Å². The molecule has 17 heavy (non-hydrogen) atoms. The van der Waals surface area contributed by atoms with Crippen molar-refractivity contribution in [2.75, 3.05) is 0 Å². The van der Waals surface area contributed by atoms with Crippen molar-refractivity contribution in [2.24, 2.45) is 5.92 Å². The van der Waals surface area contributed by atoms with Gasteiger partial charge in [-0.15, -0.1) is 0 Å². The molecule has 0 aromatic carbocycles. The maximum atomic E-state index is 12.6. The molecule has 1 aromatic rings. The molecule has 4 nitrogen and oxygen atoms in total. The van der Waals surface area contributed by atoms with E-state index in [1.54, 1.807) is 0 Å². The van der Waals surface area contributed by atoms with Gasteiger partial charge in [-0.3, -0.25) is 5.10 Å². The van der Waals surface area contributed by atoms with E-state index in [-0.39, 0.29) is 18.9 Å². The number of H-pyrrole nitrogens is 1. The predicted octanol–water partition coefficient (Wildman–Crippen LogP) is 2.02. The minimum Gasteiger partial charge on any atom is -0.307 e. The van der Waals surface area contributed by atoms with Gasteiger partial charge in [-0.1, -0.05) is 6.42 Å². The Morgan fingerprint density at radius 2 is 2.24 bits per heavy atom. The van der Waals surface area contributed by atoms with Gasteiger partial charge < -0.3 is 5.32 Å². The lowest BCUT2D eigenvalue weighted by atomic mass is 9.85. The first-order valence-corrected chi connectivity index (χ1v) is 5.70. The molecule has 0 radical (unpaired) electrons. The highest BCUT2D eigenvalue weighted by Crippen LogP contribution is 2.37. The van der Waals surface area contributed by atoms with Crippen LogP contribution in [0.4, 0.5) is 13.2 Å². The predicted molar refractivity (Wildman–Crippen MR) is 55.0 cm³/mol. The van der Waals surface area contributed by atoms with E-state index >= 15 is 0 Å². The maximum Gasteiger partial charge on any atom is 0.391 e. The standard InChI is InChI=1S/C10H15F3N4/c11-10(12,13)7-2-1-3-8(4-7)14-5-9-15-6-16-17-9/h6-8,14H,1-5H2,(H,15,16,17). The lowest BCUT2D eigenvalue weighted by Gasteiger charge is -2.30. The second-order valence-electron chi connectivity index (χ2n) is 4.42. The third-order valence-electron chi connectivity index (χ3n) is 3.16. The van der Waals surface area contributed by atoms with Gasteiger partial charge in [0.25, 0.3) is 0 Å². The first-order valence-electron chi connectivity index (χ1n) is 5.70. The van der Waals surface area contributed by atoms with E-state index in [9.17, 15) is 13.2 Å². The summed E-state index contributed by atoms with van der Waals surface area (Å²) in [6, 6.07) is -0.0829. The zero-order valence-corrected chi connectivity index (χ0v) is 9.30. The van der Waals surface area contributed by atoms with Crippen LogP contribution in [0.3, 0.4) is 0 Å². The average Bonchev–Trinajstić information content (AvgIpc) is 2.78. The smallest absolute Gasteiger partial charge is 0.307 e. The molecule has 2 unspecified atom stereocenters. The Kier molecular flexibility index (Phi) is 3.66. The number of halogens is 3. The fraction of sp³-hybridized carbons (Fsp3) is 0.800. The van der Waals surface area contributed by atoms with Crippen LogP contribution in [0.15, 0.2) is 6.33 Å². The van der Waals surface area contributed by atoms with Crippen LogP contribution in [0.2, 0.25) is 0 Å².